The lowest BCUT2D eigenvalue weighted by molar-refractivity contribution is -0.116. The Morgan fingerprint density at radius 1 is 1.27 bits per heavy atom. The van der Waals surface area contributed by atoms with Gasteiger partial charge in [-0.25, -0.2) is 0 Å². The molecule has 0 atom stereocenters. The third-order valence-electron chi connectivity index (χ3n) is 2.95. The highest BCUT2D eigenvalue weighted by Gasteiger charge is 2.09. The van der Waals surface area contributed by atoms with E-state index in [1.165, 1.54) is 22.5 Å². The molecule has 2 rings (SSSR count). The second-order valence-electron chi connectivity index (χ2n) is 5.61. The number of amides is 1. The fourth-order valence-corrected chi connectivity index (χ4v) is 3.50. The molecule has 1 N–H and O–H groups in total. The van der Waals surface area contributed by atoms with Gasteiger partial charge in [-0.3, -0.25) is 4.79 Å². The van der Waals surface area contributed by atoms with Crippen molar-refractivity contribution < 1.29 is 4.79 Å². The van der Waals surface area contributed by atoms with Crippen molar-refractivity contribution in [3.05, 3.63) is 35.4 Å². The van der Waals surface area contributed by atoms with Gasteiger partial charge in [0.25, 0.3) is 0 Å². The van der Waals surface area contributed by atoms with E-state index >= 15 is 0 Å². The third kappa shape index (κ3) is 5.77. The summed E-state index contributed by atoms with van der Waals surface area (Å²) >= 11 is 3.12. The zero-order valence-corrected chi connectivity index (χ0v) is 14.8. The Hall–Kier alpha value is -1.40. The summed E-state index contributed by atoms with van der Waals surface area (Å²) in [5.74, 6) is 1.61. The number of carbonyl (C=O) groups is 1. The molecule has 0 aliphatic carbocycles. The number of rotatable bonds is 7. The van der Waals surface area contributed by atoms with E-state index in [1.807, 2.05) is 0 Å². The first kappa shape index (κ1) is 17.0. The van der Waals surface area contributed by atoms with Crippen molar-refractivity contribution in [1.82, 2.24) is 10.2 Å². The summed E-state index contributed by atoms with van der Waals surface area (Å²) in [4.78, 5) is 11.9. The highest BCUT2D eigenvalue weighted by molar-refractivity contribution is 8.01. The predicted octanol–water partition coefficient (Wildman–Crippen LogP) is 4.17. The van der Waals surface area contributed by atoms with Gasteiger partial charge < -0.3 is 5.32 Å². The number of aromatic nitrogens is 2. The van der Waals surface area contributed by atoms with Crippen LogP contribution in [0.5, 0.6) is 0 Å². The van der Waals surface area contributed by atoms with Crippen LogP contribution in [0, 0.1) is 12.8 Å². The molecular weight excluding hydrogens is 314 g/mol. The van der Waals surface area contributed by atoms with Crippen molar-refractivity contribution in [1.29, 1.82) is 0 Å². The van der Waals surface area contributed by atoms with Gasteiger partial charge in [0, 0.05) is 12.2 Å². The minimum Gasteiger partial charge on any atom is -0.300 e. The smallest absolute Gasteiger partial charge is 0.226 e. The maximum absolute atomic E-state index is 11.9. The zero-order valence-electron chi connectivity index (χ0n) is 13.1. The molecule has 1 amide bonds. The fraction of sp³-hybridized carbons (Fsp3) is 0.438. The average molecular weight is 335 g/mol. The Kier molecular flexibility index (Phi) is 6.39. The topological polar surface area (TPSA) is 54.9 Å². The van der Waals surface area contributed by atoms with Crippen LogP contribution in [0.2, 0.25) is 0 Å². The molecule has 6 heteroatoms. The first-order chi connectivity index (χ1) is 10.5. The molecule has 0 radical (unpaired) electrons. The lowest BCUT2D eigenvalue weighted by Crippen LogP contribution is -2.12. The maximum Gasteiger partial charge on any atom is 0.226 e. The third-order valence-corrected chi connectivity index (χ3v) is 5.35. The lowest BCUT2D eigenvalue weighted by Gasteiger charge is -2.02. The quantitative estimate of drug-likeness (QED) is 0.609. The van der Waals surface area contributed by atoms with Gasteiger partial charge in [0.1, 0.15) is 0 Å². The Balaban J connectivity index is 1.78. The molecular formula is C16H21N3OS2. The normalized spacial score (nSPS) is 10.9. The number of nitrogens with one attached hydrogen (secondary N) is 1. The van der Waals surface area contributed by atoms with Crippen molar-refractivity contribution in [2.75, 3.05) is 11.1 Å². The van der Waals surface area contributed by atoms with Crippen LogP contribution in [0.15, 0.2) is 28.6 Å². The second-order valence-corrected chi connectivity index (χ2v) is 7.86. The molecule has 0 unspecified atom stereocenters. The van der Waals surface area contributed by atoms with Crippen molar-refractivity contribution in [3.63, 3.8) is 0 Å². The molecule has 1 aromatic carbocycles. The largest absolute Gasteiger partial charge is 0.300 e. The Labute approximate surface area is 139 Å². The van der Waals surface area contributed by atoms with Gasteiger partial charge in [0.15, 0.2) is 4.34 Å². The second kappa shape index (κ2) is 8.29. The van der Waals surface area contributed by atoms with Crippen molar-refractivity contribution in [2.45, 2.75) is 38.0 Å². The van der Waals surface area contributed by atoms with E-state index in [2.05, 4.69) is 60.6 Å². The summed E-state index contributed by atoms with van der Waals surface area (Å²) in [5.41, 5.74) is 2.40. The van der Waals surface area contributed by atoms with Gasteiger partial charge in [-0.1, -0.05) is 66.8 Å². The molecule has 2 aromatic rings. The minimum absolute atomic E-state index is 0.0165. The van der Waals surface area contributed by atoms with Gasteiger partial charge in [-0.05, 0) is 24.8 Å². The van der Waals surface area contributed by atoms with E-state index in [0.29, 0.717) is 17.5 Å². The molecule has 1 aromatic heterocycles. The number of hydrogen-bond donors (Lipinski definition) is 1. The van der Waals surface area contributed by atoms with Gasteiger partial charge in [0.2, 0.25) is 11.0 Å². The van der Waals surface area contributed by atoms with E-state index in [1.54, 1.807) is 11.8 Å². The summed E-state index contributed by atoms with van der Waals surface area (Å²) in [5, 5.41) is 11.5. The van der Waals surface area contributed by atoms with E-state index in [0.717, 1.165) is 16.5 Å². The van der Waals surface area contributed by atoms with Crippen LogP contribution in [0.4, 0.5) is 5.13 Å². The van der Waals surface area contributed by atoms with Gasteiger partial charge >= 0.3 is 0 Å². The summed E-state index contributed by atoms with van der Waals surface area (Å²) in [6, 6.07) is 8.26. The van der Waals surface area contributed by atoms with E-state index in [-0.39, 0.29) is 5.91 Å². The van der Waals surface area contributed by atoms with Crippen LogP contribution in [-0.2, 0) is 11.2 Å². The monoisotopic (exact) mass is 335 g/mol. The number of hydrogen-bond acceptors (Lipinski definition) is 5. The molecule has 0 saturated carbocycles. The number of aryl methyl sites for hydroxylation is 2. The molecule has 0 bridgehead atoms. The molecule has 0 aliphatic heterocycles. The van der Waals surface area contributed by atoms with Crippen molar-refractivity contribution in [2.24, 2.45) is 5.92 Å². The molecule has 0 aliphatic rings. The molecule has 118 valence electrons. The SMILES string of the molecule is Cc1ccc(CCC(=O)Nc2nnc(SCC(C)C)s2)cc1. The number of thioether (sulfide) groups is 1. The predicted molar refractivity (Wildman–Crippen MR) is 93.6 cm³/mol. The summed E-state index contributed by atoms with van der Waals surface area (Å²) < 4.78 is 0.905. The average Bonchev–Trinajstić information content (AvgIpc) is 2.92. The van der Waals surface area contributed by atoms with Crippen molar-refractivity contribution in [3.8, 4) is 0 Å². The fourth-order valence-electron chi connectivity index (χ4n) is 1.75. The first-order valence-corrected chi connectivity index (χ1v) is 9.15. The summed E-state index contributed by atoms with van der Waals surface area (Å²) in [6.07, 6.45) is 1.19. The number of benzene rings is 1. The molecule has 0 saturated heterocycles. The molecule has 0 spiro atoms. The summed E-state index contributed by atoms with van der Waals surface area (Å²) in [7, 11) is 0. The standard InChI is InChI=1S/C16H21N3OS2/c1-11(2)10-21-16-19-18-15(22-16)17-14(20)9-8-13-6-4-12(3)5-7-13/h4-7,11H,8-10H2,1-3H3,(H,17,18,20). The highest BCUT2D eigenvalue weighted by atomic mass is 32.2. The van der Waals surface area contributed by atoms with Gasteiger partial charge in [-0.15, -0.1) is 10.2 Å². The highest BCUT2D eigenvalue weighted by Crippen LogP contribution is 2.26. The molecule has 4 nitrogen and oxygen atoms in total. The number of carbonyl (C=O) groups excluding carboxylic acids is 1. The van der Waals surface area contributed by atoms with E-state index in [4.69, 9.17) is 0 Å². The maximum atomic E-state index is 11.9. The Morgan fingerprint density at radius 2 is 2.00 bits per heavy atom. The van der Waals surface area contributed by atoms with Crippen molar-refractivity contribution >= 4 is 34.1 Å². The van der Waals surface area contributed by atoms with Gasteiger partial charge in [0.05, 0.1) is 0 Å². The number of nitrogens with zero attached hydrogens (tertiary/aromatic N) is 2. The first-order valence-electron chi connectivity index (χ1n) is 7.34. The van der Waals surface area contributed by atoms with E-state index < -0.39 is 0 Å². The molecule has 22 heavy (non-hydrogen) atoms. The summed E-state index contributed by atoms with van der Waals surface area (Å²) in [6.45, 7) is 6.39. The van der Waals surface area contributed by atoms with Crippen LogP contribution in [0.1, 0.15) is 31.4 Å². The van der Waals surface area contributed by atoms with Crippen LogP contribution in [-0.4, -0.2) is 21.9 Å². The van der Waals surface area contributed by atoms with Crippen LogP contribution >= 0.6 is 23.1 Å². The van der Waals surface area contributed by atoms with Crippen LogP contribution in [0.25, 0.3) is 0 Å². The Morgan fingerprint density at radius 3 is 2.68 bits per heavy atom. The zero-order chi connectivity index (χ0) is 15.9. The van der Waals surface area contributed by atoms with Crippen LogP contribution in [0.3, 0.4) is 0 Å². The Bertz CT molecular complexity index is 608. The van der Waals surface area contributed by atoms with E-state index in [9.17, 15) is 4.79 Å². The number of anilines is 1. The van der Waals surface area contributed by atoms with Crippen LogP contribution < -0.4 is 5.32 Å². The minimum atomic E-state index is -0.0165. The molecule has 1 heterocycles. The lowest BCUT2D eigenvalue weighted by atomic mass is 10.1. The van der Waals surface area contributed by atoms with Gasteiger partial charge in [-0.2, -0.15) is 0 Å². The molecule has 0 fully saturated rings.